The van der Waals surface area contributed by atoms with E-state index in [1.807, 2.05) is 29.2 Å². The van der Waals surface area contributed by atoms with Crippen molar-refractivity contribution in [2.24, 2.45) is 5.41 Å². The Morgan fingerprint density at radius 3 is 2.57 bits per heavy atom. The highest BCUT2D eigenvalue weighted by Crippen LogP contribution is 2.42. The van der Waals surface area contributed by atoms with Crippen molar-refractivity contribution in [2.75, 3.05) is 13.7 Å². The van der Waals surface area contributed by atoms with Gasteiger partial charge in [0.15, 0.2) is 5.82 Å². The molecule has 6 nitrogen and oxygen atoms in total. The first-order valence-electron chi connectivity index (χ1n) is 10.2. The molecule has 1 saturated carbocycles. The maximum absolute atomic E-state index is 12.5. The van der Waals surface area contributed by atoms with Crippen LogP contribution in [0.5, 0.6) is 5.75 Å². The summed E-state index contributed by atoms with van der Waals surface area (Å²) in [5, 5.41) is 4.26. The summed E-state index contributed by atoms with van der Waals surface area (Å²) >= 11 is 0. The van der Waals surface area contributed by atoms with Gasteiger partial charge in [0.1, 0.15) is 5.75 Å². The lowest BCUT2D eigenvalue weighted by molar-refractivity contribution is -0.128. The largest absolute Gasteiger partial charge is 0.497 e. The molecule has 2 aliphatic rings. The van der Waals surface area contributed by atoms with Crippen molar-refractivity contribution in [1.29, 1.82) is 0 Å². The minimum absolute atomic E-state index is 0.00738. The second kappa shape index (κ2) is 7.57. The van der Waals surface area contributed by atoms with Crippen molar-refractivity contribution in [3.63, 3.8) is 0 Å². The number of likely N-dealkylation sites (tertiary alicyclic amines) is 1. The summed E-state index contributed by atoms with van der Waals surface area (Å²) in [5.74, 6) is 2.78. The van der Waals surface area contributed by atoms with Gasteiger partial charge in [0.2, 0.25) is 11.8 Å². The van der Waals surface area contributed by atoms with Crippen molar-refractivity contribution in [2.45, 2.75) is 64.3 Å². The molecule has 1 aromatic heterocycles. The molecule has 1 aliphatic carbocycles. The Morgan fingerprint density at radius 1 is 1.18 bits per heavy atom. The number of hydrogen-bond acceptors (Lipinski definition) is 5. The van der Waals surface area contributed by atoms with Crippen LogP contribution in [0.15, 0.2) is 28.8 Å². The van der Waals surface area contributed by atoms with Gasteiger partial charge in [-0.05, 0) is 48.8 Å². The molecule has 1 aliphatic heterocycles. The quantitative estimate of drug-likeness (QED) is 0.771. The number of rotatable bonds is 5. The number of amides is 1. The fraction of sp³-hybridized carbons (Fsp3) is 0.591. The average molecular weight is 383 g/mol. The predicted molar refractivity (Wildman–Crippen MR) is 105 cm³/mol. The zero-order chi connectivity index (χ0) is 19.7. The van der Waals surface area contributed by atoms with Gasteiger partial charge in [-0.15, -0.1) is 0 Å². The van der Waals surface area contributed by atoms with Crippen LogP contribution < -0.4 is 4.74 Å². The molecule has 2 aromatic rings. The third-order valence-corrected chi connectivity index (χ3v) is 6.26. The molecule has 1 aromatic carbocycles. The summed E-state index contributed by atoms with van der Waals surface area (Å²) in [7, 11) is 1.65. The number of hydrogen-bond donors (Lipinski definition) is 0. The third kappa shape index (κ3) is 4.05. The van der Waals surface area contributed by atoms with Gasteiger partial charge in [0, 0.05) is 25.4 Å². The summed E-state index contributed by atoms with van der Waals surface area (Å²) in [6.07, 6.45) is 5.05. The van der Waals surface area contributed by atoms with Crippen molar-refractivity contribution in [1.82, 2.24) is 15.0 Å². The molecule has 2 fully saturated rings. The third-order valence-electron chi connectivity index (χ3n) is 6.26. The smallest absolute Gasteiger partial charge is 0.232 e. The van der Waals surface area contributed by atoms with E-state index in [1.54, 1.807) is 7.11 Å². The van der Waals surface area contributed by atoms with Crippen LogP contribution >= 0.6 is 0 Å². The number of methoxy groups -OCH3 is 1. The first kappa shape index (κ1) is 19.0. The van der Waals surface area contributed by atoms with Gasteiger partial charge in [-0.3, -0.25) is 4.79 Å². The van der Waals surface area contributed by atoms with Crippen molar-refractivity contribution < 1.29 is 14.1 Å². The summed E-state index contributed by atoms with van der Waals surface area (Å²) in [6, 6.07) is 7.83. The summed E-state index contributed by atoms with van der Waals surface area (Å²) in [4.78, 5) is 19.0. The lowest BCUT2D eigenvalue weighted by Gasteiger charge is -2.32. The number of nitrogens with zero attached hydrogens (tertiary/aromatic N) is 3. The first-order valence-corrected chi connectivity index (χ1v) is 10.2. The van der Waals surface area contributed by atoms with Crippen LogP contribution in [0.4, 0.5) is 0 Å². The van der Waals surface area contributed by atoms with E-state index < -0.39 is 0 Å². The molecule has 150 valence electrons. The average Bonchev–Trinajstić information content (AvgIpc) is 3.30. The SMILES string of the molecule is COc1ccc(CN2CC(c3nc(C4CCC(C)(C)CC4)no3)CC2=O)cc1. The number of carbonyl (C=O) groups is 1. The summed E-state index contributed by atoms with van der Waals surface area (Å²) in [5.41, 5.74) is 1.51. The molecule has 1 atom stereocenters. The molecule has 0 bridgehead atoms. The molecule has 1 saturated heterocycles. The second-order valence-corrected chi connectivity index (χ2v) is 8.95. The van der Waals surface area contributed by atoms with Gasteiger partial charge < -0.3 is 14.2 Å². The van der Waals surface area contributed by atoms with Crippen LogP contribution in [0.3, 0.4) is 0 Å². The fourth-order valence-corrected chi connectivity index (χ4v) is 4.28. The fourth-order valence-electron chi connectivity index (χ4n) is 4.28. The Labute approximate surface area is 166 Å². The van der Waals surface area contributed by atoms with E-state index in [4.69, 9.17) is 9.26 Å². The highest BCUT2D eigenvalue weighted by molar-refractivity contribution is 5.79. The first-order chi connectivity index (χ1) is 13.4. The van der Waals surface area contributed by atoms with Crippen molar-refractivity contribution in [3.8, 4) is 5.75 Å². The highest BCUT2D eigenvalue weighted by atomic mass is 16.5. The van der Waals surface area contributed by atoms with Crippen LogP contribution in [0.1, 0.15) is 75.1 Å². The number of ether oxygens (including phenoxy) is 1. The Kier molecular flexibility index (Phi) is 5.13. The predicted octanol–water partition coefficient (Wildman–Crippen LogP) is 4.28. The van der Waals surface area contributed by atoms with Gasteiger partial charge in [-0.25, -0.2) is 0 Å². The molecular formula is C22H29N3O3. The topological polar surface area (TPSA) is 68.5 Å². The van der Waals surface area contributed by atoms with Gasteiger partial charge in [0.25, 0.3) is 0 Å². The normalized spacial score (nSPS) is 22.6. The van der Waals surface area contributed by atoms with Gasteiger partial charge in [0.05, 0.1) is 13.0 Å². The molecule has 2 heterocycles. The number of carbonyl (C=O) groups excluding carboxylic acids is 1. The van der Waals surface area contributed by atoms with Crippen LogP contribution in [-0.2, 0) is 11.3 Å². The molecule has 1 unspecified atom stereocenters. The van der Waals surface area contributed by atoms with E-state index in [1.165, 1.54) is 12.8 Å². The van der Waals surface area contributed by atoms with Crippen LogP contribution in [0.2, 0.25) is 0 Å². The Balaban J connectivity index is 1.38. The van der Waals surface area contributed by atoms with E-state index >= 15 is 0 Å². The van der Waals surface area contributed by atoms with E-state index in [0.717, 1.165) is 30.0 Å². The maximum atomic E-state index is 12.5. The highest BCUT2D eigenvalue weighted by Gasteiger charge is 2.36. The Bertz CT molecular complexity index is 818. The molecule has 6 heteroatoms. The molecule has 28 heavy (non-hydrogen) atoms. The zero-order valence-electron chi connectivity index (χ0n) is 17.0. The number of aromatic nitrogens is 2. The molecule has 4 rings (SSSR count). The van der Waals surface area contributed by atoms with E-state index in [2.05, 4.69) is 24.0 Å². The van der Waals surface area contributed by atoms with Crippen molar-refractivity contribution >= 4 is 5.91 Å². The lowest BCUT2D eigenvalue weighted by atomic mass is 9.73. The molecular weight excluding hydrogens is 354 g/mol. The molecule has 1 amide bonds. The van der Waals surface area contributed by atoms with Gasteiger partial charge in [-0.1, -0.05) is 31.1 Å². The van der Waals surface area contributed by atoms with E-state index in [0.29, 0.717) is 36.7 Å². The van der Waals surface area contributed by atoms with Crippen LogP contribution in [0.25, 0.3) is 0 Å². The monoisotopic (exact) mass is 383 g/mol. The van der Waals surface area contributed by atoms with Gasteiger partial charge >= 0.3 is 0 Å². The number of benzene rings is 1. The zero-order valence-corrected chi connectivity index (χ0v) is 17.0. The van der Waals surface area contributed by atoms with Crippen molar-refractivity contribution in [3.05, 3.63) is 41.5 Å². The van der Waals surface area contributed by atoms with E-state index in [-0.39, 0.29) is 11.8 Å². The minimum atomic E-state index is -0.00738. The minimum Gasteiger partial charge on any atom is -0.497 e. The standard InChI is InChI=1S/C22H29N3O3/c1-22(2)10-8-16(9-11-22)20-23-21(28-24-20)17-12-19(26)25(14-17)13-15-4-6-18(27-3)7-5-15/h4-7,16-17H,8-14H2,1-3H3. The van der Waals surface area contributed by atoms with Gasteiger partial charge in [-0.2, -0.15) is 4.98 Å². The van der Waals surface area contributed by atoms with Crippen LogP contribution in [0, 0.1) is 5.41 Å². The Morgan fingerprint density at radius 2 is 1.89 bits per heavy atom. The Hall–Kier alpha value is -2.37. The maximum Gasteiger partial charge on any atom is 0.232 e. The second-order valence-electron chi connectivity index (χ2n) is 8.95. The summed E-state index contributed by atoms with van der Waals surface area (Å²) in [6.45, 7) is 5.88. The molecule has 0 N–H and O–H groups in total. The lowest BCUT2D eigenvalue weighted by Crippen LogP contribution is -2.24. The van der Waals surface area contributed by atoms with Crippen LogP contribution in [-0.4, -0.2) is 34.6 Å². The summed E-state index contributed by atoms with van der Waals surface area (Å²) < 4.78 is 10.8. The molecule has 0 radical (unpaired) electrons. The molecule has 0 spiro atoms. The van der Waals surface area contributed by atoms with E-state index in [9.17, 15) is 4.79 Å².